The molecule has 3 unspecified atom stereocenters. The molecule has 0 radical (unpaired) electrons. The molecular formula is C99H90BrCl8F2N9O5. The first kappa shape index (κ1) is 86.3. The second-order valence-corrected chi connectivity index (χ2v) is 39.7. The lowest BCUT2D eigenvalue weighted by atomic mass is 9.45. The van der Waals surface area contributed by atoms with Crippen molar-refractivity contribution in [1.29, 1.82) is 0 Å². The summed E-state index contributed by atoms with van der Waals surface area (Å²) in [6, 6.07) is 43.0. The number of ketones is 3. The largest absolute Gasteiger partial charge is 0.452 e. The maximum Gasteiger partial charge on any atom is 0.275 e. The molecule has 8 aromatic carbocycles. The number of aryl methyl sites for hydroxylation is 1. The van der Waals surface area contributed by atoms with E-state index in [9.17, 15) is 28.0 Å². The second-order valence-electron chi connectivity index (χ2n) is 35.4. The van der Waals surface area contributed by atoms with Crippen molar-refractivity contribution in [3.8, 4) is 56.5 Å². The van der Waals surface area contributed by atoms with Gasteiger partial charge in [0.1, 0.15) is 39.7 Å². The van der Waals surface area contributed by atoms with Crippen LogP contribution in [0.3, 0.4) is 0 Å². The Morgan fingerprint density at radius 3 is 1.35 bits per heavy atom. The minimum atomic E-state index is -0.788. The number of amides is 1. The summed E-state index contributed by atoms with van der Waals surface area (Å²) in [6.45, 7) is 7.30. The molecule has 14 nitrogen and oxygen atoms in total. The maximum absolute atomic E-state index is 14.7. The molecule has 0 saturated heterocycles. The van der Waals surface area contributed by atoms with Crippen molar-refractivity contribution in [3.05, 3.63) is 264 Å². The Morgan fingerprint density at radius 2 is 0.879 bits per heavy atom. The van der Waals surface area contributed by atoms with Gasteiger partial charge in [-0.15, -0.1) is 0 Å². The Balaban J connectivity index is 0.000000113. The zero-order valence-corrected chi connectivity index (χ0v) is 76.4. The number of hydrogen-bond acceptors (Lipinski definition) is 9. The number of fused-ring (bicyclic) bond motifs is 14. The van der Waals surface area contributed by atoms with Crippen molar-refractivity contribution < 1.29 is 32.4 Å². The van der Waals surface area contributed by atoms with E-state index >= 15 is 0 Å². The average Bonchev–Trinajstić information content (AvgIpc) is 1.12. The van der Waals surface area contributed by atoms with Gasteiger partial charge in [-0.3, -0.25) is 19.2 Å². The first-order valence-electron chi connectivity index (χ1n) is 43.1. The SMILES string of the molecule is CC1(C)C2CCC(CNC(=O)c3nn(-c4ccc(F)cc4F)c4c3oc3cc(Cl)ccc34)C1C2.Cc1ccc2c(c1)Cc1c(C(=O)CC3CCCCC3)nn(-c3ccc(Cl)cc3Cl)c1-2.O=C(CC1CCCCC1)c1nn(-c2ccc(Cl)cc2Cl)c2c1Cc1cc(Br)ccc1-2.O=C(CC1CCCCC1)c1nn(-c2ccc(Cl)cc2Cl)c2c1Cc1cc(Cl)ccc1-2. The number of nitrogens with one attached hydrogen (secondary N) is 1. The van der Waals surface area contributed by atoms with Gasteiger partial charge in [-0.05, 0) is 187 Å². The monoisotopic (exact) mass is 1880 g/mol. The fraction of sp³-hybridized carbons (Fsp3) is 0.354. The maximum atomic E-state index is 14.7. The number of Topliss-reactive ketones (excluding diaryl/α,β-unsaturated/α-hetero) is 3. The van der Waals surface area contributed by atoms with E-state index in [1.165, 1.54) is 98.1 Å². The summed E-state index contributed by atoms with van der Waals surface area (Å²) < 4.78 is 42.1. The smallest absolute Gasteiger partial charge is 0.275 e. The van der Waals surface area contributed by atoms with Gasteiger partial charge in [0.15, 0.2) is 34.4 Å². The van der Waals surface area contributed by atoms with Gasteiger partial charge < -0.3 is 9.73 Å². The number of furan rings is 1. The van der Waals surface area contributed by atoms with Crippen molar-refractivity contribution in [1.82, 2.24) is 44.4 Å². The van der Waals surface area contributed by atoms with Crippen molar-refractivity contribution in [2.24, 2.45) is 40.9 Å². The first-order valence-corrected chi connectivity index (χ1v) is 46.9. The molecule has 6 saturated carbocycles. The molecule has 2 bridgehead atoms. The second kappa shape index (κ2) is 36.0. The first-order chi connectivity index (χ1) is 59.8. The molecule has 1 amide bonds. The summed E-state index contributed by atoms with van der Waals surface area (Å²) in [6.07, 6.45) is 25.4. The number of benzene rings is 8. The van der Waals surface area contributed by atoms with Crippen LogP contribution in [0.2, 0.25) is 40.2 Å². The van der Waals surface area contributed by atoms with Gasteiger partial charge in [0.05, 0.1) is 49.2 Å². The van der Waals surface area contributed by atoms with Gasteiger partial charge in [0.25, 0.3) is 5.91 Å². The fourth-order valence-electron chi connectivity index (χ4n) is 20.8. The Labute approximate surface area is 767 Å². The molecule has 0 spiro atoms. The third-order valence-corrected chi connectivity index (χ3v) is 29.7. The Hall–Kier alpha value is -8.46. The van der Waals surface area contributed by atoms with Gasteiger partial charge in [-0.1, -0.05) is 255 Å². The van der Waals surface area contributed by atoms with Crippen LogP contribution < -0.4 is 5.32 Å². The molecule has 9 aliphatic rings. The van der Waals surface area contributed by atoms with Crippen LogP contribution in [0, 0.1) is 59.5 Å². The van der Waals surface area contributed by atoms with E-state index in [1.54, 1.807) is 48.5 Å². The van der Waals surface area contributed by atoms with Crippen LogP contribution in [0.1, 0.15) is 230 Å². The summed E-state index contributed by atoms with van der Waals surface area (Å²) in [5.41, 5.74) is 19.5. The van der Waals surface area contributed by atoms with Crippen LogP contribution >= 0.6 is 109 Å². The highest BCUT2D eigenvalue weighted by atomic mass is 79.9. The van der Waals surface area contributed by atoms with Crippen molar-refractivity contribution in [3.63, 3.8) is 0 Å². The molecule has 13 aromatic rings. The number of halogens is 11. The molecule has 0 aliphatic heterocycles. The fourth-order valence-corrected chi connectivity index (χ4v) is 23.0. The van der Waals surface area contributed by atoms with Gasteiger partial charge >= 0.3 is 0 Å². The van der Waals surface area contributed by atoms with E-state index in [0.29, 0.717) is 147 Å². The standard InChI is InChI=1S/C26H24ClF2N3O2.C25H24Cl2N2O.C24H21BrCl2N2O.C24H21Cl3N2O/c1-26(2)14-4-3-13(18(26)9-14)12-30-25(33)22-24-23(17-7-5-15(27)10-21(17)34-24)32(31-22)20-8-6-16(28)11-19(20)29;1-15-7-9-19-17(11-15)13-20-24(23(30)12-16-5-3-2-4-6-16)28-29(25(19)20)22-10-8-18(26)14-21(22)27;2*25-16-6-8-18-15(11-16)12-19-23(22(30)10-14-4-2-1-3-5-14)28-29(24(18)19)21-9-7-17(26)13-20(21)27/h5-8,10-11,13-14,18H,3-4,9,12H2,1-2H3,(H,30,33);7-11,14,16H,2-6,12-13H2,1H3;2*6-9,11,13-14H,1-5,10,12H2. The normalized spacial score (nSPS) is 17.9. The van der Waals surface area contributed by atoms with E-state index in [2.05, 4.69) is 77.4 Å². The number of rotatable bonds is 16. The third kappa shape index (κ3) is 17.2. The molecule has 3 atom stereocenters. The van der Waals surface area contributed by atoms with Crippen LogP contribution in [0.25, 0.3) is 78.6 Å². The molecule has 5 heterocycles. The van der Waals surface area contributed by atoms with E-state index in [0.717, 1.165) is 147 Å². The summed E-state index contributed by atoms with van der Waals surface area (Å²) >= 11 is 53.8. The molecule has 6 fully saturated rings. The minimum Gasteiger partial charge on any atom is -0.452 e. The lowest BCUT2D eigenvalue weighted by molar-refractivity contribution is -0.103. The molecule has 638 valence electrons. The highest BCUT2D eigenvalue weighted by Crippen LogP contribution is 2.61. The summed E-state index contributed by atoms with van der Waals surface area (Å²) in [5.74, 6) is 1.80. The van der Waals surface area contributed by atoms with Gasteiger partial charge in [0.2, 0.25) is 0 Å². The number of hydrogen-bond donors (Lipinski definition) is 1. The van der Waals surface area contributed by atoms with Crippen LogP contribution in [0.15, 0.2) is 154 Å². The topological polar surface area (TPSA) is 165 Å². The van der Waals surface area contributed by atoms with Gasteiger partial charge in [-0.25, -0.2) is 27.5 Å². The van der Waals surface area contributed by atoms with E-state index in [-0.39, 0.29) is 40.2 Å². The molecule has 25 heteroatoms. The Morgan fingerprint density at radius 1 is 0.460 bits per heavy atom. The van der Waals surface area contributed by atoms with Crippen molar-refractivity contribution in [2.45, 2.75) is 175 Å². The Kier molecular flexibility index (Phi) is 25.0. The van der Waals surface area contributed by atoms with Crippen LogP contribution in [0.4, 0.5) is 8.78 Å². The predicted octanol–water partition coefficient (Wildman–Crippen LogP) is 28.9. The van der Waals surface area contributed by atoms with Gasteiger partial charge in [-0.2, -0.15) is 20.4 Å². The number of carbonyl (C=O) groups is 4. The van der Waals surface area contributed by atoms with Gasteiger partial charge in [0, 0.05) is 126 Å². The van der Waals surface area contributed by atoms with E-state index < -0.39 is 11.6 Å². The highest BCUT2D eigenvalue weighted by Gasteiger charge is 2.54. The van der Waals surface area contributed by atoms with E-state index in [4.69, 9.17) is 113 Å². The summed E-state index contributed by atoms with van der Waals surface area (Å²) in [4.78, 5) is 53.3. The number of nitrogens with zero attached hydrogens (tertiary/aromatic N) is 8. The lowest BCUT2D eigenvalue weighted by Gasteiger charge is -2.60. The predicted molar refractivity (Wildman–Crippen MR) is 496 cm³/mol. The molecule has 1 N–H and O–H groups in total. The van der Waals surface area contributed by atoms with E-state index in [1.807, 2.05) is 62.6 Å². The Bertz CT molecular complexity index is 5990. The molecule has 124 heavy (non-hydrogen) atoms. The highest BCUT2D eigenvalue weighted by molar-refractivity contribution is 9.10. The zero-order valence-electron chi connectivity index (χ0n) is 68.8. The summed E-state index contributed by atoms with van der Waals surface area (Å²) in [7, 11) is 0. The minimum absolute atomic E-state index is 0.0256. The summed E-state index contributed by atoms with van der Waals surface area (Å²) in [5, 5.41) is 26.9. The quantitative estimate of drug-likeness (QED) is 0.0927. The molecular weight excluding hydrogens is 1800 g/mol. The molecule has 22 rings (SSSR count). The third-order valence-electron chi connectivity index (χ3n) is 27.1. The van der Waals surface area contributed by atoms with Crippen LogP contribution in [-0.4, -0.2) is 68.9 Å². The number of carbonyl (C=O) groups excluding carboxylic acids is 4. The molecule has 9 aliphatic carbocycles. The zero-order chi connectivity index (χ0) is 86.3. The average molecular weight is 1890 g/mol. The lowest BCUT2D eigenvalue weighted by Crippen LogP contribution is -2.54. The molecule has 5 aromatic heterocycles. The van der Waals surface area contributed by atoms with Crippen LogP contribution in [0.5, 0.6) is 0 Å². The number of aromatic nitrogens is 8. The van der Waals surface area contributed by atoms with Crippen LogP contribution in [-0.2, 0) is 19.3 Å². The van der Waals surface area contributed by atoms with Crippen molar-refractivity contribution >= 4 is 154 Å². The van der Waals surface area contributed by atoms with Crippen molar-refractivity contribution in [2.75, 3.05) is 6.54 Å².